The molecule has 4 nitrogen and oxygen atoms in total. The monoisotopic (exact) mass is 244 g/mol. The van der Waals surface area contributed by atoms with Crippen molar-refractivity contribution in [3.63, 3.8) is 0 Å². The topological polar surface area (TPSA) is 67.8 Å². The van der Waals surface area contributed by atoms with E-state index >= 15 is 0 Å². The number of nitrogens with two attached hydrogens (primary N) is 1. The third-order valence-electron chi connectivity index (χ3n) is 1.88. The maximum atomic E-state index is 13.5. The normalized spacial score (nSPS) is 11.5. The largest absolute Gasteiger partial charge is 0.490 e. The molecule has 0 amide bonds. The van der Waals surface area contributed by atoms with E-state index in [1.165, 1.54) is 18.2 Å². The van der Waals surface area contributed by atoms with Gasteiger partial charge in [0.15, 0.2) is 17.4 Å². The van der Waals surface area contributed by atoms with Crippen molar-refractivity contribution < 1.29 is 14.3 Å². The Morgan fingerprint density at radius 1 is 1.62 bits per heavy atom. The molecule has 16 heavy (non-hydrogen) atoms. The van der Waals surface area contributed by atoms with Gasteiger partial charge in [-0.2, -0.15) is 11.8 Å². The molecule has 0 fully saturated rings. The van der Waals surface area contributed by atoms with Crippen LogP contribution in [0.15, 0.2) is 23.4 Å². The molecule has 0 aromatic heterocycles. The van der Waals surface area contributed by atoms with E-state index in [9.17, 15) is 4.39 Å². The van der Waals surface area contributed by atoms with Gasteiger partial charge < -0.3 is 15.7 Å². The Labute approximate surface area is 97.3 Å². The first-order valence-electron chi connectivity index (χ1n) is 4.58. The molecule has 0 radical (unpaired) electrons. The average Bonchev–Trinajstić information content (AvgIpc) is 2.30. The number of benzene rings is 1. The lowest BCUT2D eigenvalue weighted by atomic mass is 10.2. The lowest BCUT2D eigenvalue weighted by Gasteiger charge is -2.07. The van der Waals surface area contributed by atoms with Crippen LogP contribution in [0, 0.1) is 5.82 Å². The van der Waals surface area contributed by atoms with Crippen molar-refractivity contribution in [3.8, 4) is 5.75 Å². The number of ether oxygens (including phenoxy) is 1. The van der Waals surface area contributed by atoms with Crippen LogP contribution in [0.4, 0.5) is 4.39 Å². The highest BCUT2D eigenvalue weighted by molar-refractivity contribution is 7.98. The van der Waals surface area contributed by atoms with Gasteiger partial charge in [-0.3, -0.25) is 0 Å². The lowest BCUT2D eigenvalue weighted by Crippen LogP contribution is -2.13. The second-order valence-corrected chi connectivity index (χ2v) is 3.96. The highest BCUT2D eigenvalue weighted by Gasteiger charge is 2.07. The predicted molar refractivity (Wildman–Crippen MR) is 62.8 cm³/mol. The van der Waals surface area contributed by atoms with E-state index in [-0.39, 0.29) is 11.6 Å². The smallest absolute Gasteiger partial charge is 0.170 e. The van der Waals surface area contributed by atoms with E-state index in [4.69, 9.17) is 15.7 Å². The number of amidine groups is 1. The zero-order chi connectivity index (χ0) is 12.0. The summed E-state index contributed by atoms with van der Waals surface area (Å²) in [4.78, 5) is 0. The molecule has 0 heterocycles. The summed E-state index contributed by atoms with van der Waals surface area (Å²) in [6.07, 6.45) is 1.95. The van der Waals surface area contributed by atoms with E-state index < -0.39 is 5.82 Å². The molecule has 0 aliphatic rings. The van der Waals surface area contributed by atoms with Crippen molar-refractivity contribution in [2.75, 3.05) is 18.6 Å². The van der Waals surface area contributed by atoms with Crippen LogP contribution in [-0.4, -0.2) is 29.7 Å². The van der Waals surface area contributed by atoms with E-state index in [0.29, 0.717) is 12.2 Å². The third kappa shape index (κ3) is 3.30. The Morgan fingerprint density at radius 3 is 2.94 bits per heavy atom. The number of hydrogen-bond acceptors (Lipinski definition) is 4. The van der Waals surface area contributed by atoms with Gasteiger partial charge in [0.25, 0.3) is 0 Å². The van der Waals surface area contributed by atoms with Gasteiger partial charge in [0.1, 0.15) is 0 Å². The number of thioether (sulfide) groups is 1. The Balaban J connectivity index is 2.75. The molecule has 0 atom stereocenters. The first-order valence-corrected chi connectivity index (χ1v) is 5.97. The predicted octanol–water partition coefficient (Wildman–Crippen LogP) is 1.66. The molecule has 0 aliphatic carbocycles. The second-order valence-electron chi connectivity index (χ2n) is 2.97. The number of hydrogen-bond donors (Lipinski definition) is 2. The van der Waals surface area contributed by atoms with Gasteiger partial charge in [0.2, 0.25) is 0 Å². The standard InChI is InChI=1S/C10H13FN2O2S/c1-16-5-4-15-9-3-2-7(6-8(9)11)10(12)13-14/h2-3,6,14H,4-5H2,1H3,(H2,12,13). The van der Waals surface area contributed by atoms with Crippen molar-refractivity contribution in [2.24, 2.45) is 10.9 Å². The first-order chi connectivity index (χ1) is 7.69. The minimum atomic E-state index is -0.523. The van der Waals surface area contributed by atoms with Crippen LogP contribution < -0.4 is 10.5 Å². The lowest BCUT2D eigenvalue weighted by molar-refractivity contribution is 0.318. The molecule has 0 bridgehead atoms. The van der Waals surface area contributed by atoms with Crippen molar-refractivity contribution in [1.82, 2.24) is 0 Å². The molecule has 0 aliphatic heterocycles. The molecule has 0 saturated heterocycles. The number of nitrogens with zero attached hydrogens (tertiary/aromatic N) is 1. The molecule has 1 aromatic carbocycles. The van der Waals surface area contributed by atoms with Crippen molar-refractivity contribution >= 4 is 17.6 Å². The molecule has 0 unspecified atom stereocenters. The second kappa shape index (κ2) is 6.22. The maximum Gasteiger partial charge on any atom is 0.170 e. The fraction of sp³-hybridized carbons (Fsp3) is 0.300. The minimum absolute atomic E-state index is 0.130. The fourth-order valence-electron chi connectivity index (χ4n) is 1.07. The highest BCUT2D eigenvalue weighted by atomic mass is 32.2. The minimum Gasteiger partial charge on any atom is -0.490 e. The van der Waals surface area contributed by atoms with Crippen LogP contribution in [0.5, 0.6) is 5.75 Å². The van der Waals surface area contributed by atoms with Gasteiger partial charge in [-0.15, -0.1) is 0 Å². The summed E-state index contributed by atoms with van der Waals surface area (Å²) >= 11 is 1.62. The summed E-state index contributed by atoms with van der Waals surface area (Å²) in [5, 5.41) is 11.2. The molecule has 6 heteroatoms. The van der Waals surface area contributed by atoms with E-state index in [1.807, 2.05) is 6.26 Å². The molecule has 88 valence electrons. The summed E-state index contributed by atoms with van der Waals surface area (Å²) in [7, 11) is 0. The van der Waals surface area contributed by atoms with E-state index in [2.05, 4.69) is 5.16 Å². The Kier molecular flexibility index (Phi) is 4.91. The first kappa shape index (κ1) is 12.6. The van der Waals surface area contributed by atoms with Gasteiger partial charge in [-0.1, -0.05) is 5.16 Å². The summed E-state index contributed by atoms with van der Waals surface area (Å²) in [5.41, 5.74) is 5.64. The molecule has 0 saturated carbocycles. The molecular weight excluding hydrogens is 231 g/mol. The van der Waals surface area contributed by atoms with Crippen molar-refractivity contribution in [1.29, 1.82) is 0 Å². The zero-order valence-corrected chi connectivity index (χ0v) is 9.63. The van der Waals surface area contributed by atoms with E-state index in [0.717, 1.165) is 5.75 Å². The third-order valence-corrected chi connectivity index (χ3v) is 2.46. The molecule has 3 N–H and O–H groups in total. The summed E-state index contributed by atoms with van der Waals surface area (Å²) < 4.78 is 18.7. The van der Waals surface area contributed by atoms with Crippen molar-refractivity contribution in [3.05, 3.63) is 29.6 Å². The van der Waals surface area contributed by atoms with Gasteiger partial charge in [0.05, 0.1) is 6.61 Å². The number of rotatable bonds is 5. The Bertz CT molecular complexity index is 385. The Morgan fingerprint density at radius 2 is 2.38 bits per heavy atom. The highest BCUT2D eigenvalue weighted by Crippen LogP contribution is 2.18. The van der Waals surface area contributed by atoms with Crippen LogP contribution in [-0.2, 0) is 0 Å². The van der Waals surface area contributed by atoms with Crippen LogP contribution in [0.3, 0.4) is 0 Å². The molecule has 1 rings (SSSR count). The van der Waals surface area contributed by atoms with Crippen LogP contribution >= 0.6 is 11.8 Å². The summed E-state index contributed by atoms with van der Waals surface area (Å²) in [5.74, 6) is 0.310. The zero-order valence-electron chi connectivity index (χ0n) is 8.81. The molecular formula is C10H13FN2O2S. The van der Waals surface area contributed by atoms with Gasteiger partial charge in [0, 0.05) is 11.3 Å². The summed E-state index contributed by atoms with van der Waals surface area (Å²) in [6, 6.07) is 4.17. The maximum absolute atomic E-state index is 13.5. The van der Waals surface area contributed by atoms with Crippen LogP contribution in [0.25, 0.3) is 0 Å². The Hall–Kier alpha value is -1.43. The quantitative estimate of drug-likeness (QED) is 0.272. The van der Waals surface area contributed by atoms with Gasteiger partial charge in [-0.05, 0) is 24.5 Å². The molecule has 1 aromatic rings. The van der Waals surface area contributed by atoms with Crippen molar-refractivity contribution in [2.45, 2.75) is 0 Å². The van der Waals surface area contributed by atoms with Gasteiger partial charge in [-0.25, -0.2) is 4.39 Å². The number of halogens is 1. The SMILES string of the molecule is CSCCOc1ccc(/C(N)=N/O)cc1F. The van der Waals surface area contributed by atoms with E-state index in [1.54, 1.807) is 11.8 Å². The average molecular weight is 244 g/mol. The van der Waals surface area contributed by atoms with Crippen LogP contribution in [0.1, 0.15) is 5.56 Å². The van der Waals surface area contributed by atoms with Crippen LogP contribution in [0.2, 0.25) is 0 Å². The summed E-state index contributed by atoms with van der Waals surface area (Å²) in [6.45, 7) is 0.445. The van der Waals surface area contributed by atoms with Gasteiger partial charge >= 0.3 is 0 Å². The number of oxime groups is 1. The fourth-order valence-corrected chi connectivity index (χ4v) is 1.32. The molecule has 0 spiro atoms.